The first kappa shape index (κ1) is 59.8. The third kappa shape index (κ3) is 24.0. The van der Waals surface area contributed by atoms with Gasteiger partial charge in [-0.2, -0.15) is 0 Å². The average molecular weight is 947 g/mol. The highest BCUT2D eigenvalue weighted by atomic mass is 32.1. The summed E-state index contributed by atoms with van der Waals surface area (Å²) in [6, 6.07) is 29.2. The zero-order valence-electron chi connectivity index (χ0n) is 44.4. The summed E-state index contributed by atoms with van der Waals surface area (Å²) >= 11 is 5.38. The van der Waals surface area contributed by atoms with Crippen LogP contribution in [0.4, 0.5) is 0 Å². The molecule has 7 rings (SSSR count). The summed E-state index contributed by atoms with van der Waals surface area (Å²) < 4.78 is 0. The lowest BCUT2D eigenvalue weighted by Gasteiger charge is -2.21. The molecule has 0 fully saturated rings. The highest BCUT2D eigenvalue weighted by Gasteiger charge is 2.14. The molecule has 0 atom stereocenters. The molecule has 0 amide bonds. The first-order chi connectivity index (χ1) is 31.2. The van der Waals surface area contributed by atoms with E-state index in [2.05, 4.69) is 218 Å². The molecule has 0 radical (unpaired) electrons. The summed E-state index contributed by atoms with van der Waals surface area (Å²) in [7, 11) is 0. The number of thiophene rings is 2. The molecule has 5 heterocycles. The van der Waals surface area contributed by atoms with E-state index in [1.165, 1.54) is 60.1 Å². The molecule has 0 aliphatic heterocycles. The summed E-state index contributed by atoms with van der Waals surface area (Å²) in [4.78, 5) is 15.3. The number of hydrogen-bond acceptors (Lipinski definition) is 6. The van der Waals surface area contributed by atoms with Gasteiger partial charge >= 0.3 is 0 Å². The van der Waals surface area contributed by atoms with Crippen molar-refractivity contribution in [2.24, 2.45) is 5.92 Å². The molecule has 0 unspecified atom stereocenters. The standard InChI is InChI=1S/C14H22.C10H14.2C8H11N.2C7H10S.C6H9NS/c1-8(2)14-12(6)10(4)9(3)11(5)13(14)7;1-9(2)8-10-6-4-3-5-7-10;1-7(2)8-4-3-5-9-6-8;1-7(2)8-5-3-4-6-9-8;2*1-6(2)7-4-3-5-8-7;1-5(2)6-7-3-4-8-6/h8H,1-7H3;3-7,9H,8H2,1-2H3;2*3-7H,1-2H3;2*3-6H,1-2H3;3-5H,1-2H3. The summed E-state index contributed by atoms with van der Waals surface area (Å²) in [6.45, 7) is 42.0. The van der Waals surface area contributed by atoms with Crippen molar-refractivity contribution in [2.75, 3.05) is 0 Å². The van der Waals surface area contributed by atoms with Crippen molar-refractivity contribution in [1.82, 2.24) is 15.0 Å². The second-order valence-electron chi connectivity index (χ2n) is 19.0. The summed E-state index contributed by atoms with van der Waals surface area (Å²) in [6.07, 6.45) is 8.58. The van der Waals surface area contributed by atoms with Gasteiger partial charge in [0.2, 0.25) is 0 Å². The Morgan fingerprint density at radius 3 is 1.23 bits per heavy atom. The van der Waals surface area contributed by atoms with Gasteiger partial charge in [0, 0.05) is 51.5 Å². The van der Waals surface area contributed by atoms with Gasteiger partial charge in [0.15, 0.2) is 0 Å². The Kier molecular flexibility index (Phi) is 30.1. The Labute approximate surface area is 416 Å². The zero-order valence-corrected chi connectivity index (χ0v) is 46.9. The van der Waals surface area contributed by atoms with E-state index in [1.54, 1.807) is 23.1 Å². The van der Waals surface area contributed by atoms with Crippen molar-refractivity contribution in [2.45, 2.75) is 173 Å². The molecule has 7 aromatic rings. The van der Waals surface area contributed by atoms with Crippen LogP contribution in [0.25, 0.3) is 0 Å². The van der Waals surface area contributed by atoms with Crippen molar-refractivity contribution >= 4 is 34.0 Å². The fourth-order valence-corrected chi connectivity index (χ4v) is 8.82. The van der Waals surface area contributed by atoms with Gasteiger partial charge in [0.1, 0.15) is 0 Å². The van der Waals surface area contributed by atoms with E-state index in [-0.39, 0.29) is 0 Å². The molecule has 0 bridgehead atoms. The summed E-state index contributed by atoms with van der Waals surface area (Å²) in [5.41, 5.74) is 12.8. The maximum absolute atomic E-state index is 4.18. The molecule has 360 valence electrons. The third-order valence-corrected chi connectivity index (χ3v) is 14.3. The van der Waals surface area contributed by atoms with Gasteiger partial charge in [0.05, 0.1) is 5.01 Å². The molecule has 3 nitrogen and oxygen atoms in total. The van der Waals surface area contributed by atoms with E-state index in [9.17, 15) is 0 Å². The highest BCUT2D eigenvalue weighted by Crippen LogP contribution is 2.31. The van der Waals surface area contributed by atoms with Crippen LogP contribution in [0.2, 0.25) is 0 Å². The Hall–Kier alpha value is -4.23. The number of aromatic nitrogens is 3. The molecule has 2 aromatic carbocycles. The minimum Gasteiger partial charge on any atom is -0.264 e. The van der Waals surface area contributed by atoms with E-state index >= 15 is 0 Å². The molecule has 5 aromatic heterocycles. The van der Waals surface area contributed by atoms with Crippen LogP contribution in [-0.2, 0) is 6.42 Å². The number of hydrogen-bond donors (Lipinski definition) is 0. The van der Waals surface area contributed by atoms with Crippen molar-refractivity contribution in [3.05, 3.63) is 191 Å². The first-order valence-corrected chi connectivity index (χ1v) is 26.7. The maximum Gasteiger partial charge on any atom is 0.0950 e. The van der Waals surface area contributed by atoms with Crippen LogP contribution in [0.5, 0.6) is 0 Å². The third-order valence-electron chi connectivity index (χ3n) is 10.9. The largest absolute Gasteiger partial charge is 0.264 e. The fourth-order valence-electron chi connectivity index (χ4n) is 6.67. The van der Waals surface area contributed by atoms with Gasteiger partial charge < -0.3 is 0 Å². The van der Waals surface area contributed by atoms with E-state index in [1.807, 2.05) is 70.9 Å². The van der Waals surface area contributed by atoms with Gasteiger partial charge in [-0.3, -0.25) is 9.97 Å². The van der Waals surface area contributed by atoms with E-state index in [4.69, 9.17) is 0 Å². The molecule has 0 saturated heterocycles. The van der Waals surface area contributed by atoms with Crippen LogP contribution < -0.4 is 0 Å². The Balaban J connectivity index is 0.000000389. The SMILES string of the molecule is CC(C)Cc1ccccc1.CC(C)c1ccccn1.CC(C)c1cccnc1.CC(C)c1cccs1.CC(C)c1cccs1.CC(C)c1nccs1.Cc1c(C)c(C)c(C(C)C)c(C)c1C. The quantitative estimate of drug-likeness (QED) is 0.152. The number of nitrogens with zero attached hydrogens (tertiary/aromatic N) is 3. The molecule has 0 spiro atoms. The van der Waals surface area contributed by atoms with E-state index < -0.39 is 0 Å². The topological polar surface area (TPSA) is 38.7 Å². The molecular weight excluding hydrogens is 859 g/mol. The molecule has 0 N–H and O–H groups in total. The minimum atomic E-state index is 0.547. The van der Waals surface area contributed by atoms with Crippen LogP contribution in [0, 0.1) is 40.5 Å². The van der Waals surface area contributed by atoms with Gasteiger partial charge in [-0.15, -0.1) is 34.0 Å². The predicted octanol–water partition coefficient (Wildman–Crippen LogP) is 19.7. The summed E-state index contributed by atoms with van der Waals surface area (Å²) in [5, 5.41) is 7.48. The minimum absolute atomic E-state index is 0.547. The van der Waals surface area contributed by atoms with Crippen molar-refractivity contribution in [3.8, 4) is 0 Å². The van der Waals surface area contributed by atoms with Crippen molar-refractivity contribution in [3.63, 3.8) is 0 Å². The predicted molar refractivity (Wildman–Crippen MR) is 299 cm³/mol. The monoisotopic (exact) mass is 946 g/mol. The average Bonchev–Trinajstić information content (AvgIpc) is 4.13. The van der Waals surface area contributed by atoms with E-state index in [0.29, 0.717) is 35.5 Å². The molecule has 0 saturated carbocycles. The van der Waals surface area contributed by atoms with Gasteiger partial charge in [-0.1, -0.05) is 152 Å². The van der Waals surface area contributed by atoms with Gasteiger partial charge in [0.25, 0.3) is 0 Å². The summed E-state index contributed by atoms with van der Waals surface area (Å²) in [5.74, 6) is 4.54. The molecule has 6 heteroatoms. The lowest BCUT2D eigenvalue weighted by atomic mass is 9.85. The van der Waals surface area contributed by atoms with Gasteiger partial charge in [-0.05, 0) is 162 Å². The second kappa shape index (κ2) is 33.3. The number of thiazole rings is 1. The number of benzene rings is 2. The Morgan fingerprint density at radius 1 is 0.409 bits per heavy atom. The highest BCUT2D eigenvalue weighted by molar-refractivity contribution is 7.10. The number of pyridine rings is 2. The van der Waals surface area contributed by atoms with Crippen molar-refractivity contribution in [1.29, 1.82) is 0 Å². The molecular formula is C60H87N3S3. The normalized spacial score (nSPS) is 10.5. The Morgan fingerprint density at radius 2 is 0.939 bits per heavy atom. The Bertz CT molecular complexity index is 2020. The van der Waals surface area contributed by atoms with Crippen LogP contribution >= 0.6 is 34.0 Å². The first-order valence-electron chi connectivity index (χ1n) is 24.1. The fraction of sp³-hybridized carbons (Fsp3) is 0.450. The molecule has 66 heavy (non-hydrogen) atoms. The van der Waals surface area contributed by atoms with Crippen LogP contribution in [0.15, 0.2) is 126 Å². The molecule has 0 aliphatic carbocycles. The van der Waals surface area contributed by atoms with Crippen LogP contribution in [0.1, 0.15) is 197 Å². The zero-order chi connectivity index (χ0) is 49.8. The smallest absolute Gasteiger partial charge is 0.0950 e. The second-order valence-corrected chi connectivity index (χ2v) is 21.9. The van der Waals surface area contributed by atoms with Crippen molar-refractivity contribution < 1.29 is 0 Å². The van der Waals surface area contributed by atoms with Crippen LogP contribution in [-0.4, -0.2) is 15.0 Å². The lowest BCUT2D eigenvalue weighted by Crippen LogP contribution is -2.04. The van der Waals surface area contributed by atoms with Crippen LogP contribution in [0.3, 0.4) is 0 Å². The molecule has 0 aliphatic rings. The lowest BCUT2D eigenvalue weighted by molar-refractivity contribution is 0.647. The number of rotatable bonds is 8. The van der Waals surface area contributed by atoms with E-state index in [0.717, 1.165) is 11.6 Å². The maximum atomic E-state index is 4.18. The van der Waals surface area contributed by atoms with Gasteiger partial charge in [-0.25, -0.2) is 4.98 Å².